The minimum atomic E-state index is -3.64. The number of rotatable bonds is 10. The fourth-order valence-corrected chi connectivity index (χ4v) is 6.27. The Bertz CT molecular complexity index is 1530. The van der Waals surface area contributed by atoms with Crippen LogP contribution in [0.1, 0.15) is 25.0 Å². The van der Waals surface area contributed by atoms with E-state index in [-0.39, 0.29) is 16.6 Å². The summed E-state index contributed by atoms with van der Waals surface area (Å²) in [6, 6.07) is 22.1. The number of nitrogens with zero attached hydrogens (tertiary/aromatic N) is 4. The third-order valence-electron chi connectivity index (χ3n) is 6.21. The van der Waals surface area contributed by atoms with Crippen LogP contribution >= 0.6 is 11.8 Å². The molecule has 4 rings (SSSR count). The highest BCUT2D eigenvalue weighted by molar-refractivity contribution is 7.99. The van der Waals surface area contributed by atoms with Gasteiger partial charge in [0.25, 0.3) is 0 Å². The summed E-state index contributed by atoms with van der Waals surface area (Å²) < 4.78 is 29.5. The van der Waals surface area contributed by atoms with E-state index in [1.807, 2.05) is 86.9 Å². The van der Waals surface area contributed by atoms with Gasteiger partial charge in [-0.3, -0.25) is 9.36 Å². The van der Waals surface area contributed by atoms with Crippen LogP contribution in [0.5, 0.6) is 0 Å². The lowest BCUT2D eigenvalue weighted by molar-refractivity contribution is -0.113. The number of para-hydroxylation sites is 1. The van der Waals surface area contributed by atoms with E-state index in [9.17, 15) is 13.2 Å². The molecule has 0 unspecified atom stereocenters. The standard InChI is InChI=1S/C28H31N5O3S2/c1-5-32(6-2)38(35,36)25-14-10-11-22(18-25)27-30-31-28(33(27)24-12-8-7-9-13-24)37-19-26(34)29-23-16-15-20(3)21(4)17-23/h7-18H,5-6,19H2,1-4H3,(H,29,34). The van der Waals surface area contributed by atoms with Gasteiger partial charge in [0.1, 0.15) is 0 Å². The maximum atomic E-state index is 13.1. The Hall–Kier alpha value is -3.47. The molecule has 1 N–H and O–H groups in total. The zero-order valence-electron chi connectivity index (χ0n) is 21.9. The molecule has 198 valence electrons. The van der Waals surface area contributed by atoms with Crippen molar-refractivity contribution in [3.05, 3.63) is 83.9 Å². The normalized spacial score (nSPS) is 11.6. The third kappa shape index (κ3) is 5.98. The number of thioether (sulfide) groups is 1. The Labute approximate surface area is 228 Å². The summed E-state index contributed by atoms with van der Waals surface area (Å²) in [5.41, 5.74) is 4.43. The molecule has 8 nitrogen and oxygen atoms in total. The number of carbonyl (C=O) groups is 1. The second-order valence-electron chi connectivity index (χ2n) is 8.73. The molecule has 10 heteroatoms. The van der Waals surface area contributed by atoms with E-state index in [1.165, 1.54) is 16.1 Å². The topological polar surface area (TPSA) is 97.2 Å². The lowest BCUT2D eigenvalue weighted by atomic mass is 10.1. The van der Waals surface area contributed by atoms with Crippen molar-refractivity contribution in [2.45, 2.75) is 37.7 Å². The first-order chi connectivity index (χ1) is 18.2. The second-order valence-corrected chi connectivity index (χ2v) is 11.6. The summed E-state index contributed by atoms with van der Waals surface area (Å²) in [4.78, 5) is 12.9. The summed E-state index contributed by atoms with van der Waals surface area (Å²) in [5, 5.41) is 12.2. The fourth-order valence-electron chi connectivity index (χ4n) is 4.01. The first-order valence-corrected chi connectivity index (χ1v) is 14.8. The van der Waals surface area contributed by atoms with Crippen LogP contribution in [-0.2, 0) is 14.8 Å². The first-order valence-electron chi connectivity index (χ1n) is 12.4. The zero-order valence-corrected chi connectivity index (χ0v) is 23.5. The SMILES string of the molecule is CCN(CC)S(=O)(=O)c1cccc(-c2nnc(SCC(=O)Nc3ccc(C)c(C)c3)n2-c2ccccc2)c1. The van der Waals surface area contributed by atoms with Gasteiger partial charge in [0, 0.05) is 30.0 Å². The van der Waals surface area contributed by atoms with Gasteiger partial charge in [-0.2, -0.15) is 4.31 Å². The van der Waals surface area contributed by atoms with Gasteiger partial charge in [-0.25, -0.2) is 8.42 Å². The van der Waals surface area contributed by atoms with Crippen LogP contribution in [0.4, 0.5) is 5.69 Å². The second kappa shape index (κ2) is 11.9. The maximum absolute atomic E-state index is 13.1. The Morgan fingerprint density at radius 1 is 0.921 bits per heavy atom. The van der Waals surface area contributed by atoms with Gasteiger partial charge in [-0.15, -0.1) is 10.2 Å². The maximum Gasteiger partial charge on any atom is 0.243 e. The van der Waals surface area contributed by atoms with Crippen molar-refractivity contribution in [1.82, 2.24) is 19.1 Å². The van der Waals surface area contributed by atoms with E-state index >= 15 is 0 Å². The van der Waals surface area contributed by atoms with Crippen LogP contribution < -0.4 is 5.32 Å². The van der Waals surface area contributed by atoms with Crippen LogP contribution in [0, 0.1) is 13.8 Å². The number of nitrogens with one attached hydrogen (secondary N) is 1. The van der Waals surface area contributed by atoms with Crippen molar-refractivity contribution in [2.24, 2.45) is 0 Å². The molecule has 1 heterocycles. The van der Waals surface area contributed by atoms with Gasteiger partial charge in [-0.05, 0) is 61.4 Å². The van der Waals surface area contributed by atoms with Gasteiger partial charge >= 0.3 is 0 Å². The number of aromatic nitrogens is 3. The lowest BCUT2D eigenvalue weighted by Gasteiger charge is -2.19. The summed E-state index contributed by atoms with van der Waals surface area (Å²) in [6.45, 7) is 8.43. The molecular weight excluding hydrogens is 518 g/mol. The quantitative estimate of drug-likeness (QED) is 0.269. The smallest absolute Gasteiger partial charge is 0.243 e. The van der Waals surface area contributed by atoms with Gasteiger partial charge < -0.3 is 5.32 Å². The molecule has 0 saturated carbocycles. The highest BCUT2D eigenvalue weighted by Gasteiger charge is 2.24. The molecule has 38 heavy (non-hydrogen) atoms. The van der Waals surface area contributed by atoms with Crippen LogP contribution in [0.2, 0.25) is 0 Å². The van der Waals surface area contributed by atoms with Gasteiger partial charge in [0.05, 0.1) is 10.6 Å². The summed E-state index contributed by atoms with van der Waals surface area (Å²) in [6.07, 6.45) is 0. The molecule has 0 aliphatic rings. The fraction of sp³-hybridized carbons (Fsp3) is 0.250. The largest absolute Gasteiger partial charge is 0.325 e. The van der Waals surface area contributed by atoms with Crippen LogP contribution in [0.25, 0.3) is 17.1 Å². The Morgan fingerprint density at radius 2 is 1.66 bits per heavy atom. The number of hydrogen-bond donors (Lipinski definition) is 1. The van der Waals surface area contributed by atoms with E-state index < -0.39 is 10.0 Å². The average Bonchev–Trinajstić information content (AvgIpc) is 3.35. The van der Waals surface area contributed by atoms with E-state index in [4.69, 9.17) is 0 Å². The highest BCUT2D eigenvalue weighted by Crippen LogP contribution is 2.30. The molecule has 0 fully saturated rings. The molecule has 0 aliphatic carbocycles. The molecule has 1 aromatic heterocycles. The summed E-state index contributed by atoms with van der Waals surface area (Å²) >= 11 is 1.26. The monoisotopic (exact) mass is 549 g/mol. The first kappa shape index (κ1) is 27.6. The van der Waals surface area contributed by atoms with Crippen LogP contribution in [0.3, 0.4) is 0 Å². The zero-order chi connectivity index (χ0) is 27.3. The molecule has 0 spiro atoms. The molecule has 0 saturated heterocycles. The van der Waals surface area contributed by atoms with Crippen LogP contribution in [0.15, 0.2) is 82.8 Å². The van der Waals surface area contributed by atoms with E-state index in [0.29, 0.717) is 29.6 Å². The predicted molar refractivity (Wildman–Crippen MR) is 152 cm³/mol. The Morgan fingerprint density at radius 3 is 2.34 bits per heavy atom. The molecule has 3 aromatic carbocycles. The van der Waals surface area contributed by atoms with E-state index in [1.54, 1.807) is 18.2 Å². The molecule has 0 radical (unpaired) electrons. The lowest BCUT2D eigenvalue weighted by Crippen LogP contribution is -2.30. The van der Waals surface area contributed by atoms with Gasteiger partial charge in [0.15, 0.2) is 11.0 Å². The third-order valence-corrected chi connectivity index (χ3v) is 9.18. The van der Waals surface area contributed by atoms with Crippen molar-refractivity contribution < 1.29 is 13.2 Å². The van der Waals surface area contributed by atoms with Gasteiger partial charge in [-0.1, -0.05) is 62.0 Å². The van der Waals surface area contributed by atoms with E-state index in [2.05, 4.69) is 15.5 Å². The van der Waals surface area contributed by atoms with Crippen molar-refractivity contribution in [3.8, 4) is 17.1 Å². The molecule has 0 bridgehead atoms. The van der Waals surface area contributed by atoms with Crippen molar-refractivity contribution in [1.29, 1.82) is 0 Å². The Balaban J connectivity index is 1.65. The number of sulfonamides is 1. The molecule has 0 atom stereocenters. The van der Waals surface area contributed by atoms with E-state index in [0.717, 1.165) is 22.5 Å². The number of benzene rings is 3. The highest BCUT2D eigenvalue weighted by atomic mass is 32.2. The van der Waals surface area contributed by atoms with Crippen molar-refractivity contribution in [2.75, 3.05) is 24.2 Å². The summed E-state index contributed by atoms with van der Waals surface area (Å²) in [7, 11) is -3.64. The molecular formula is C28H31N5O3S2. The predicted octanol–water partition coefficient (Wildman–Crippen LogP) is 5.31. The Kier molecular flexibility index (Phi) is 8.65. The minimum absolute atomic E-state index is 0.133. The summed E-state index contributed by atoms with van der Waals surface area (Å²) in [5.74, 6) is 0.466. The van der Waals surface area contributed by atoms with Crippen molar-refractivity contribution in [3.63, 3.8) is 0 Å². The average molecular weight is 550 g/mol. The minimum Gasteiger partial charge on any atom is -0.325 e. The molecule has 1 amide bonds. The van der Waals surface area contributed by atoms with Crippen molar-refractivity contribution >= 4 is 33.4 Å². The molecule has 4 aromatic rings. The number of carbonyl (C=O) groups excluding carboxylic acids is 1. The number of hydrogen-bond acceptors (Lipinski definition) is 6. The number of aryl methyl sites for hydroxylation is 2. The molecule has 0 aliphatic heterocycles. The number of amides is 1. The number of anilines is 1. The van der Waals surface area contributed by atoms with Crippen LogP contribution in [-0.4, -0.2) is 52.2 Å². The van der Waals surface area contributed by atoms with Gasteiger partial charge in [0.2, 0.25) is 15.9 Å².